The van der Waals surface area contributed by atoms with E-state index in [-0.39, 0.29) is 11.8 Å². The monoisotopic (exact) mass is 234 g/mol. The van der Waals surface area contributed by atoms with Gasteiger partial charge in [-0.1, -0.05) is 17.3 Å². The van der Waals surface area contributed by atoms with E-state index < -0.39 is 0 Å². The Hall–Kier alpha value is -1.58. The van der Waals surface area contributed by atoms with E-state index in [1.54, 1.807) is 0 Å². The van der Waals surface area contributed by atoms with Crippen molar-refractivity contribution in [3.8, 4) is 0 Å². The molecule has 1 N–H and O–H groups in total. The summed E-state index contributed by atoms with van der Waals surface area (Å²) in [5.41, 5.74) is 0.878. The lowest BCUT2D eigenvalue weighted by Gasteiger charge is -2.16. The van der Waals surface area contributed by atoms with Gasteiger partial charge in [-0.25, -0.2) is 0 Å². The summed E-state index contributed by atoms with van der Waals surface area (Å²) in [5, 5.41) is 6.76. The number of nitrogens with zero attached hydrogens (tertiary/aromatic N) is 1. The number of allylic oxidation sites excluding steroid dienone is 2. The van der Waals surface area contributed by atoms with E-state index in [1.165, 1.54) is 0 Å². The minimum absolute atomic E-state index is 0.150. The third-order valence-corrected chi connectivity index (χ3v) is 2.99. The van der Waals surface area contributed by atoms with Gasteiger partial charge in [0.2, 0.25) is 5.91 Å². The average molecular weight is 234 g/mol. The molecule has 1 amide bonds. The number of nitrogens with one attached hydrogen (secondary N) is 1. The van der Waals surface area contributed by atoms with Gasteiger partial charge in [0.05, 0.1) is 5.69 Å². The Morgan fingerprint density at radius 3 is 3.12 bits per heavy atom. The first-order chi connectivity index (χ1) is 8.25. The maximum absolute atomic E-state index is 11.8. The standard InChI is InChI=1S/C13H18N2O2/c1-10-9-12(17-15-10)7-8-14-13(16)11-5-3-2-4-6-11/h2-3,9,11H,4-8H2,1H3,(H,14,16)/t11-/m1/s1. The Morgan fingerprint density at radius 2 is 2.47 bits per heavy atom. The third-order valence-electron chi connectivity index (χ3n) is 2.99. The van der Waals surface area contributed by atoms with Crippen molar-refractivity contribution in [3.05, 3.63) is 29.7 Å². The maximum Gasteiger partial charge on any atom is 0.223 e. The number of aryl methyl sites for hydroxylation is 1. The molecule has 0 aromatic carbocycles. The van der Waals surface area contributed by atoms with Gasteiger partial charge in [0.1, 0.15) is 5.76 Å². The largest absolute Gasteiger partial charge is 0.361 e. The fourth-order valence-corrected chi connectivity index (χ4v) is 2.02. The summed E-state index contributed by atoms with van der Waals surface area (Å²) in [6, 6.07) is 1.90. The highest BCUT2D eigenvalue weighted by molar-refractivity contribution is 5.78. The first-order valence-corrected chi connectivity index (χ1v) is 6.10. The highest BCUT2D eigenvalue weighted by atomic mass is 16.5. The molecule has 4 heteroatoms. The summed E-state index contributed by atoms with van der Waals surface area (Å²) in [7, 11) is 0. The van der Waals surface area contributed by atoms with Crippen LogP contribution in [0.4, 0.5) is 0 Å². The van der Waals surface area contributed by atoms with Crippen molar-refractivity contribution in [2.75, 3.05) is 6.54 Å². The number of hydrogen-bond acceptors (Lipinski definition) is 3. The molecule has 1 aliphatic rings. The highest BCUT2D eigenvalue weighted by Gasteiger charge is 2.17. The van der Waals surface area contributed by atoms with Crippen LogP contribution in [0.15, 0.2) is 22.7 Å². The molecule has 0 bridgehead atoms. The summed E-state index contributed by atoms with van der Waals surface area (Å²) < 4.78 is 5.08. The van der Waals surface area contributed by atoms with Crippen molar-refractivity contribution in [3.63, 3.8) is 0 Å². The fraction of sp³-hybridized carbons (Fsp3) is 0.538. The second-order valence-corrected chi connectivity index (χ2v) is 4.46. The van der Waals surface area contributed by atoms with Gasteiger partial charge < -0.3 is 9.84 Å². The molecule has 92 valence electrons. The first-order valence-electron chi connectivity index (χ1n) is 6.10. The predicted molar refractivity (Wildman–Crippen MR) is 64.4 cm³/mol. The van der Waals surface area contributed by atoms with Crippen LogP contribution in [0.1, 0.15) is 30.7 Å². The summed E-state index contributed by atoms with van der Waals surface area (Å²) in [6.07, 6.45) is 7.78. The fourth-order valence-electron chi connectivity index (χ4n) is 2.02. The molecule has 4 nitrogen and oxygen atoms in total. The predicted octanol–water partition coefficient (Wildman–Crippen LogP) is 2.00. The Morgan fingerprint density at radius 1 is 1.59 bits per heavy atom. The molecule has 0 saturated carbocycles. The second-order valence-electron chi connectivity index (χ2n) is 4.46. The van der Waals surface area contributed by atoms with Crippen LogP contribution in [0.5, 0.6) is 0 Å². The Kier molecular flexibility index (Phi) is 3.96. The number of carbonyl (C=O) groups is 1. The molecule has 1 atom stereocenters. The third kappa shape index (κ3) is 3.44. The van der Waals surface area contributed by atoms with Crippen molar-refractivity contribution >= 4 is 5.91 Å². The van der Waals surface area contributed by atoms with Crippen LogP contribution in [0.3, 0.4) is 0 Å². The van der Waals surface area contributed by atoms with Crippen molar-refractivity contribution < 1.29 is 9.32 Å². The van der Waals surface area contributed by atoms with Gasteiger partial charge in [-0.05, 0) is 26.2 Å². The van der Waals surface area contributed by atoms with Crippen LogP contribution in [0.25, 0.3) is 0 Å². The lowest BCUT2D eigenvalue weighted by Crippen LogP contribution is -2.32. The van der Waals surface area contributed by atoms with E-state index in [0.29, 0.717) is 13.0 Å². The molecule has 0 spiro atoms. The smallest absolute Gasteiger partial charge is 0.223 e. The van der Waals surface area contributed by atoms with Crippen LogP contribution in [0.2, 0.25) is 0 Å². The van der Waals surface area contributed by atoms with Crippen LogP contribution >= 0.6 is 0 Å². The van der Waals surface area contributed by atoms with E-state index in [0.717, 1.165) is 30.7 Å². The first kappa shape index (κ1) is 11.9. The normalized spacial score (nSPS) is 19.2. The summed E-state index contributed by atoms with van der Waals surface area (Å²) in [5.74, 6) is 1.13. The molecule has 0 unspecified atom stereocenters. The van der Waals surface area contributed by atoms with Gasteiger partial charge in [-0.3, -0.25) is 4.79 Å². The number of hydrogen-bond donors (Lipinski definition) is 1. The topological polar surface area (TPSA) is 55.1 Å². The van der Waals surface area contributed by atoms with Crippen molar-refractivity contribution in [1.82, 2.24) is 10.5 Å². The maximum atomic E-state index is 11.8. The summed E-state index contributed by atoms with van der Waals surface area (Å²) >= 11 is 0. The van der Waals surface area contributed by atoms with E-state index >= 15 is 0 Å². The van der Waals surface area contributed by atoms with E-state index in [4.69, 9.17) is 4.52 Å². The number of amides is 1. The molecule has 1 aromatic rings. The van der Waals surface area contributed by atoms with Gasteiger partial charge in [-0.2, -0.15) is 0 Å². The Labute approximate surface area is 101 Å². The van der Waals surface area contributed by atoms with Gasteiger partial charge >= 0.3 is 0 Å². The molecule has 2 rings (SSSR count). The lowest BCUT2D eigenvalue weighted by atomic mass is 9.94. The van der Waals surface area contributed by atoms with Crippen molar-refractivity contribution in [2.24, 2.45) is 5.92 Å². The lowest BCUT2D eigenvalue weighted by molar-refractivity contribution is -0.125. The zero-order valence-corrected chi connectivity index (χ0v) is 10.1. The van der Waals surface area contributed by atoms with Crippen LogP contribution in [0, 0.1) is 12.8 Å². The van der Waals surface area contributed by atoms with Gasteiger partial charge in [0, 0.05) is 24.9 Å². The second kappa shape index (κ2) is 5.66. The molecule has 1 aromatic heterocycles. The SMILES string of the molecule is Cc1cc(CCNC(=O)[C@@H]2CC=CCC2)on1. The summed E-state index contributed by atoms with van der Waals surface area (Å²) in [4.78, 5) is 11.8. The van der Waals surface area contributed by atoms with Crippen molar-refractivity contribution in [2.45, 2.75) is 32.6 Å². The van der Waals surface area contributed by atoms with Crippen LogP contribution < -0.4 is 5.32 Å². The minimum atomic E-state index is 0.150. The van der Waals surface area contributed by atoms with E-state index in [1.807, 2.05) is 13.0 Å². The van der Waals surface area contributed by atoms with Gasteiger partial charge in [0.15, 0.2) is 0 Å². The quantitative estimate of drug-likeness (QED) is 0.811. The van der Waals surface area contributed by atoms with E-state index in [9.17, 15) is 4.79 Å². The average Bonchev–Trinajstić information content (AvgIpc) is 2.76. The number of rotatable bonds is 4. The number of aromatic nitrogens is 1. The molecule has 17 heavy (non-hydrogen) atoms. The van der Waals surface area contributed by atoms with Crippen LogP contribution in [-0.2, 0) is 11.2 Å². The highest BCUT2D eigenvalue weighted by Crippen LogP contribution is 2.17. The molecule has 0 saturated heterocycles. The minimum Gasteiger partial charge on any atom is -0.361 e. The Bertz CT molecular complexity index is 409. The molecular formula is C13H18N2O2. The number of carbonyl (C=O) groups excluding carboxylic acids is 1. The zero-order chi connectivity index (χ0) is 12.1. The van der Waals surface area contributed by atoms with Gasteiger partial charge in [0.25, 0.3) is 0 Å². The van der Waals surface area contributed by atoms with E-state index in [2.05, 4.69) is 22.6 Å². The molecule has 0 fully saturated rings. The molecular weight excluding hydrogens is 216 g/mol. The molecule has 0 radical (unpaired) electrons. The van der Waals surface area contributed by atoms with Crippen molar-refractivity contribution in [1.29, 1.82) is 0 Å². The van der Waals surface area contributed by atoms with Gasteiger partial charge in [-0.15, -0.1) is 0 Å². The summed E-state index contributed by atoms with van der Waals surface area (Å²) in [6.45, 7) is 2.51. The molecule has 0 aliphatic heterocycles. The molecule has 1 aliphatic carbocycles. The molecule has 1 heterocycles. The zero-order valence-electron chi connectivity index (χ0n) is 10.1. The Balaban J connectivity index is 1.71. The van der Waals surface area contributed by atoms with Crippen LogP contribution in [-0.4, -0.2) is 17.6 Å².